The number of hydrogen-bond donors (Lipinski definition) is 2. The van der Waals surface area contributed by atoms with E-state index in [1.54, 1.807) is 42.2 Å². The Kier molecular flexibility index (Phi) is 7.87. The van der Waals surface area contributed by atoms with Gasteiger partial charge in [-0.05, 0) is 34.9 Å². The van der Waals surface area contributed by atoms with Crippen molar-refractivity contribution in [2.75, 3.05) is 26.2 Å². The van der Waals surface area contributed by atoms with E-state index < -0.39 is 9.84 Å². The van der Waals surface area contributed by atoms with Gasteiger partial charge in [-0.15, -0.1) is 11.8 Å². The van der Waals surface area contributed by atoms with Crippen LogP contribution in [0.4, 0.5) is 0 Å². The minimum absolute atomic E-state index is 0.0246. The molecule has 0 unspecified atom stereocenters. The normalized spacial score (nSPS) is 14.8. The molecule has 1 saturated heterocycles. The van der Waals surface area contributed by atoms with Crippen molar-refractivity contribution >= 4 is 27.6 Å². The molecule has 0 amide bonds. The summed E-state index contributed by atoms with van der Waals surface area (Å²) in [5, 5.41) is 8.56. The number of guanidine groups is 1. The molecule has 1 aliphatic rings. The van der Waals surface area contributed by atoms with Crippen molar-refractivity contribution < 1.29 is 8.42 Å². The molecule has 7 nitrogen and oxygen atoms in total. The molecule has 3 N–H and O–H groups in total. The molecule has 3 aromatic rings. The molecule has 0 aliphatic carbocycles. The number of sulfone groups is 1. The number of aromatic nitrogens is 1. The number of thioether (sulfide) groups is 1. The Morgan fingerprint density at radius 3 is 2.26 bits per heavy atom. The molecule has 9 heteroatoms. The molecule has 0 spiro atoms. The molecule has 2 aromatic carbocycles. The minimum atomic E-state index is -3.42. The van der Waals surface area contributed by atoms with Crippen molar-refractivity contribution in [3.63, 3.8) is 0 Å². The first kappa shape index (κ1) is 24.3. The third-order valence-electron chi connectivity index (χ3n) is 5.89. The second-order valence-electron chi connectivity index (χ2n) is 8.25. The quantitative estimate of drug-likeness (QED) is 0.281. The number of nitrogens with zero attached hydrogens (tertiary/aromatic N) is 3. The lowest BCUT2D eigenvalue weighted by molar-refractivity contribution is 0.172. The summed E-state index contributed by atoms with van der Waals surface area (Å²) < 4.78 is 25.8. The van der Waals surface area contributed by atoms with Crippen molar-refractivity contribution in [3.8, 4) is 0 Å². The molecule has 2 heterocycles. The zero-order chi connectivity index (χ0) is 24.0. The second kappa shape index (κ2) is 11.0. The Balaban J connectivity index is 1.44. The van der Waals surface area contributed by atoms with Crippen molar-refractivity contribution in [3.05, 3.63) is 89.6 Å². The van der Waals surface area contributed by atoms with Gasteiger partial charge in [0.05, 0.1) is 10.6 Å². The highest BCUT2D eigenvalue weighted by Gasteiger charge is 2.20. The van der Waals surface area contributed by atoms with Gasteiger partial charge in [0.1, 0.15) is 5.03 Å². The van der Waals surface area contributed by atoms with Gasteiger partial charge in [-0.3, -0.25) is 10.3 Å². The Bertz CT molecular complexity index is 1230. The Hall–Kier alpha value is -2.88. The summed E-state index contributed by atoms with van der Waals surface area (Å²) in [6.07, 6.45) is 1.80. The Morgan fingerprint density at radius 2 is 1.56 bits per heavy atom. The summed E-state index contributed by atoms with van der Waals surface area (Å²) in [5.41, 5.74) is 8.57. The van der Waals surface area contributed by atoms with Crippen LogP contribution < -0.4 is 5.73 Å². The van der Waals surface area contributed by atoms with Crippen LogP contribution in [0.25, 0.3) is 0 Å². The van der Waals surface area contributed by atoms with Crippen LogP contribution in [0.3, 0.4) is 0 Å². The number of piperazine rings is 1. The maximum absolute atomic E-state index is 12.9. The van der Waals surface area contributed by atoms with Gasteiger partial charge >= 0.3 is 0 Å². The van der Waals surface area contributed by atoms with E-state index in [2.05, 4.69) is 16.0 Å². The van der Waals surface area contributed by atoms with E-state index in [1.807, 2.05) is 41.3 Å². The lowest BCUT2D eigenvalue weighted by Gasteiger charge is -2.35. The van der Waals surface area contributed by atoms with Crippen LogP contribution in [-0.4, -0.2) is 55.3 Å². The van der Waals surface area contributed by atoms with Crippen LogP contribution >= 0.6 is 11.8 Å². The largest absolute Gasteiger partial charge is 0.370 e. The monoisotopic (exact) mass is 495 g/mol. The molecule has 0 atom stereocenters. The highest BCUT2D eigenvalue weighted by atomic mass is 32.2. The first-order valence-electron chi connectivity index (χ1n) is 11.1. The number of benzene rings is 2. The van der Waals surface area contributed by atoms with Crippen LogP contribution in [0.1, 0.15) is 16.7 Å². The number of nitrogens with one attached hydrogen (secondary N) is 1. The predicted octanol–water partition coefficient (Wildman–Crippen LogP) is 3.36. The fraction of sp³-hybridized carbons (Fsp3) is 0.280. The average Bonchev–Trinajstić information content (AvgIpc) is 2.85. The average molecular weight is 496 g/mol. The molecule has 4 rings (SSSR count). The summed E-state index contributed by atoms with van der Waals surface area (Å²) in [6.45, 7) is 3.98. The summed E-state index contributed by atoms with van der Waals surface area (Å²) in [4.78, 5) is 9.18. The minimum Gasteiger partial charge on any atom is -0.370 e. The topological polar surface area (TPSA) is 103 Å². The summed E-state index contributed by atoms with van der Waals surface area (Å²) >= 11 is 1.63. The van der Waals surface area contributed by atoms with Gasteiger partial charge < -0.3 is 10.6 Å². The van der Waals surface area contributed by atoms with E-state index in [-0.39, 0.29) is 11.7 Å². The first-order valence-corrected chi connectivity index (χ1v) is 13.8. The number of hydrogen-bond acceptors (Lipinski definition) is 6. The van der Waals surface area contributed by atoms with E-state index in [0.29, 0.717) is 10.6 Å². The third-order valence-corrected chi connectivity index (χ3v) is 8.67. The van der Waals surface area contributed by atoms with E-state index in [1.165, 1.54) is 0 Å². The smallest absolute Gasteiger partial charge is 0.188 e. The molecular formula is C25H29N5O2S2. The molecule has 34 heavy (non-hydrogen) atoms. The van der Waals surface area contributed by atoms with Crippen molar-refractivity contribution in [2.45, 2.75) is 28.0 Å². The zero-order valence-electron chi connectivity index (χ0n) is 18.9. The zero-order valence-corrected chi connectivity index (χ0v) is 20.6. The van der Waals surface area contributed by atoms with Crippen molar-refractivity contribution in [1.29, 1.82) is 5.41 Å². The molecule has 0 bridgehead atoms. The van der Waals surface area contributed by atoms with Crippen LogP contribution in [-0.2, 0) is 27.9 Å². The molecule has 178 valence electrons. The van der Waals surface area contributed by atoms with Crippen LogP contribution in [0, 0.1) is 5.41 Å². The SMILES string of the molecule is N=C(N)N1CCN(Cc2cccnc2SCc2ccccc2CS(=O)(=O)c2ccccc2)CC1. The van der Waals surface area contributed by atoms with E-state index >= 15 is 0 Å². The van der Waals surface area contributed by atoms with Gasteiger partial charge in [0.15, 0.2) is 15.8 Å². The van der Waals surface area contributed by atoms with E-state index in [4.69, 9.17) is 11.1 Å². The lowest BCUT2D eigenvalue weighted by atomic mass is 10.1. The lowest BCUT2D eigenvalue weighted by Crippen LogP contribution is -2.50. The fourth-order valence-electron chi connectivity index (χ4n) is 3.96. The van der Waals surface area contributed by atoms with Gasteiger partial charge in [0.2, 0.25) is 0 Å². The summed E-state index contributed by atoms with van der Waals surface area (Å²) in [6, 6.07) is 20.4. The highest BCUT2D eigenvalue weighted by Crippen LogP contribution is 2.28. The number of rotatable bonds is 8. The maximum Gasteiger partial charge on any atom is 0.188 e. The van der Waals surface area contributed by atoms with Gasteiger partial charge in [0.25, 0.3) is 0 Å². The standard InChI is InChI=1S/C25H29N5O2S2/c26-25(27)30-15-13-29(14-16-30)17-20-9-6-12-28-24(20)33-18-21-7-4-5-8-22(21)19-34(31,32)23-10-2-1-3-11-23/h1-12H,13-19H2,(H3,26,27). The Morgan fingerprint density at radius 1 is 0.912 bits per heavy atom. The van der Waals surface area contributed by atoms with Crippen LogP contribution in [0.15, 0.2) is 82.8 Å². The van der Waals surface area contributed by atoms with Gasteiger partial charge in [-0.1, -0.05) is 48.5 Å². The second-order valence-corrected chi connectivity index (χ2v) is 11.2. The first-order chi connectivity index (χ1) is 16.4. The van der Waals surface area contributed by atoms with Gasteiger partial charge in [-0.25, -0.2) is 13.4 Å². The molecule has 1 aliphatic heterocycles. The third kappa shape index (κ3) is 6.16. The molecule has 0 saturated carbocycles. The summed E-state index contributed by atoms with van der Waals surface area (Å²) in [5.74, 6) is 0.747. The molecule has 0 radical (unpaired) electrons. The Labute approximate surface area is 205 Å². The van der Waals surface area contributed by atoms with Gasteiger partial charge in [0, 0.05) is 44.7 Å². The number of pyridine rings is 1. The van der Waals surface area contributed by atoms with E-state index in [0.717, 1.165) is 54.4 Å². The number of nitrogens with two attached hydrogens (primary N) is 1. The predicted molar refractivity (Wildman–Crippen MR) is 136 cm³/mol. The van der Waals surface area contributed by atoms with Gasteiger partial charge in [-0.2, -0.15) is 0 Å². The summed E-state index contributed by atoms with van der Waals surface area (Å²) in [7, 11) is -3.42. The fourth-order valence-corrected chi connectivity index (χ4v) is 6.42. The molecular weight excluding hydrogens is 466 g/mol. The van der Waals surface area contributed by atoms with Crippen molar-refractivity contribution in [2.24, 2.45) is 5.73 Å². The van der Waals surface area contributed by atoms with Crippen LogP contribution in [0.5, 0.6) is 0 Å². The molecule has 1 fully saturated rings. The maximum atomic E-state index is 12.9. The van der Waals surface area contributed by atoms with Crippen molar-refractivity contribution in [1.82, 2.24) is 14.8 Å². The van der Waals surface area contributed by atoms with E-state index in [9.17, 15) is 8.42 Å². The van der Waals surface area contributed by atoms with Crippen LogP contribution in [0.2, 0.25) is 0 Å². The molecule has 1 aromatic heterocycles. The highest BCUT2D eigenvalue weighted by molar-refractivity contribution is 7.98.